The highest BCUT2D eigenvalue weighted by Crippen LogP contribution is 2.20. The van der Waals surface area contributed by atoms with Crippen LogP contribution in [0.4, 0.5) is 0 Å². The van der Waals surface area contributed by atoms with Gasteiger partial charge in [0, 0.05) is 0 Å². The van der Waals surface area contributed by atoms with Gasteiger partial charge in [-0.1, -0.05) is 0 Å². The number of nitrogens with one attached hydrogen (secondary N) is 1. The number of nitrogens with zero attached hydrogens (tertiary/aromatic N) is 1. The molecule has 1 atom stereocenters. The molecular weight excluding hydrogens is 256 g/mol. The number of hydrogen-bond acceptors (Lipinski definition) is 4. The first kappa shape index (κ1) is 15.1. The van der Waals surface area contributed by atoms with Gasteiger partial charge in [0.05, 0.1) is 6.04 Å². The van der Waals surface area contributed by atoms with Crippen molar-refractivity contribution in [3.63, 3.8) is 0 Å². The molecule has 0 radical (unpaired) electrons. The Morgan fingerprint density at radius 3 is 2.80 bits per heavy atom. The maximum Gasteiger partial charge on any atom is 0.371 e. The summed E-state index contributed by atoms with van der Waals surface area (Å²) in [5.74, 6) is 0.474. The van der Waals surface area contributed by atoms with E-state index >= 15 is 0 Å². The van der Waals surface area contributed by atoms with E-state index in [2.05, 4.69) is 17.3 Å². The summed E-state index contributed by atoms with van der Waals surface area (Å²) in [5.41, 5.74) is 0. The number of carboxylic acids is 1. The molecule has 20 heavy (non-hydrogen) atoms. The first-order chi connectivity index (χ1) is 9.56. The predicted molar refractivity (Wildman–Crippen MR) is 76.9 cm³/mol. The van der Waals surface area contributed by atoms with Gasteiger partial charge >= 0.3 is 5.97 Å². The lowest BCUT2D eigenvalue weighted by Crippen LogP contribution is -2.32. The largest absolute Gasteiger partial charge is 0.475 e. The summed E-state index contributed by atoms with van der Waals surface area (Å²) in [6.45, 7) is 5.33. The standard InChI is InChI=1S/C15H24N2O3/c1-11(13-3-4-14(20-13)15(18)19)16-8-5-12-6-9-17(2)10-7-12/h3-4,11-12,16H,5-10H2,1-2H3,(H,18,19). The second kappa shape index (κ2) is 6.90. The highest BCUT2D eigenvalue weighted by atomic mass is 16.4. The zero-order valence-corrected chi connectivity index (χ0v) is 12.3. The van der Waals surface area contributed by atoms with Crippen LogP contribution in [0.25, 0.3) is 0 Å². The van der Waals surface area contributed by atoms with Gasteiger partial charge in [0.1, 0.15) is 5.76 Å². The summed E-state index contributed by atoms with van der Waals surface area (Å²) in [5, 5.41) is 12.2. The molecule has 1 aliphatic rings. The van der Waals surface area contributed by atoms with E-state index in [9.17, 15) is 4.79 Å². The third kappa shape index (κ3) is 4.08. The fourth-order valence-electron chi connectivity index (χ4n) is 2.66. The quantitative estimate of drug-likeness (QED) is 0.837. The zero-order chi connectivity index (χ0) is 14.5. The smallest absolute Gasteiger partial charge is 0.371 e. The minimum Gasteiger partial charge on any atom is -0.475 e. The minimum absolute atomic E-state index is 0.00367. The van der Waals surface area contributed by atoms with E-state index in [1.54, 1.807) is 6.07 Å². The molecule has 0 amide bonds. The van der Waals surface area contributed by atoms with Crippen molar-refractivity contribution in [3.8, 4) is 0 Å². The van der Waals surface area contributed by atoms with Gasteiger partial charge in [-0.2, -0.15) is 0 Å². The Morgan fingerprint density at radius 1 is 1.50 bits per heavy atom. The maximum atomic E-state index is 10.8. The van der Waals surface area contributed by atoms with E-state index in [4.69, 9.17) is 9.52 Å². The van der Waals surface area contributed by atoms with Gasteiger partial charge in [-0.05, 0) is 70.9 Å². The molecule has 1 aliphatic heterocycles. The predicted octanol–water partition coefficient (Wildman–Crippen LogP) is 2.36. The molecule has 0 spiro atoms. The van der Waals surface area contributed by atoms with Crippen LogP contribution < -0.4 is 5.32 Å². The van der Waals surface area contributed by atoms with E-state index < -0.39 is 5.97 Å². The second-order valence-electron chi connectivity index (χ2n) is 5.72. The molecule has 112 valence electrons. The van der Waals surface area contributed by atoms with Gasteiger partial charge in [-0.3, -0.25) is 0 Å². The lowest BCUT2D eigenvalue weighted by atomic mass is 9.94. The van der Waals surface area contributed by atoms with Gasteiger partial charge in [-0.25, -0.2) is 4.79 Å². The summed E-state index contributed by atoms with van der Waals surface area (Å²) in [7, 11) is 2.17. The van der Waals surface area contributed by atoms with Crippen molar-refractivity contribution >= 4 is 5.97 Å². The fourth-order valence-corrected chi connectivity index (χ4v) is 2.66. The average molecular weight is 280 g/mol. The van der Waals surface area contributed by atoms with E-state index in [-0.39, 0.29) is 11.8 Å². The lowest BCUT2D eigenvalue weighted by Gasteiger charge is -2.29. The first-order valence-corrected chi connectivity index (χ1v) is 7.31. The molecular formula is C15H24N2O3. The summed E-state index contributed by atoms with van der Waals surface area (Å²) in [6, 6.07) is 3.29. The number of carbonyl (C=O) groups is 1. The van der Waals surface area contributed by atoms with Crippen molar-refractivity contribution in [2.24, 2.45) is 5.92 Å². The molecule has 0 saturated carbocycles. The Hall–Kier alpha value is -1.33. The molecule has 0 bridgehead atoms. The summed E-state index contributed by atoms with van der Waals surface area (Å²) in [6.07, 6.45) is 3.72. The number of furan rings is 1. The van der Waals surface area contributed by atoms with E-state index in [1.807, 2.05) is 6.92 Å². The van der Waals surface area contributed by atoms with Crippen molar-refractivity contribution in [3.05, 3.63) is 23.7 Å². The monoisotopic (exact) mass is 280 g/mol. The molecule has 1 aromatic rings. The third-order valence-corrected chi connectivity index (χ3v) is 4.11. The van der Waals surface area contributed by atoms with Crippen molar-refractivity contribution in [1.29, 1.82) is 0 Å². The van der Waals surface area contributed by atoms with Crippen LogP contribution in [0.3, 0.4) is 0 Å². The molecule has 1 saturated heterocycles. The number of hydrogen-bond donors (Lipinski definition) is 2. The van der Waals surface area contributed by atoms with Crippen LogP contribution in [0, 0.1) is 5.92 Å². The third-order valence-electron chi connectivity index (χ3n) is 4.11. The van der Waals surface area contributed by atoms with Crippen molar-refractivity contribution in [1.82, 2.24) is 10.2 Å². The van der Waals surface area contributed by atoms with E-state index in [0.29, 0.717) is 5.76 Å². The number of rotatable bonds is 6. The SMILES string of the molecule is CC(NCCC1CCN(C)CC1)c1ccc(C(=O)O)o1. The summed E-state index contributed by atoms with van der Waals surface area (Å²) < 4.78 is 5.29. The van der Waals surface area contributed by atoms with Crippen LogP contribution in [-0.2, 0) is 0 Å². The lowest BCUT2D eigenvalue weighted by molar-refractivity contribution is 0.0659. The van der Waals surface area contributed by atoms with Crippen molar-refractivity contribution in [2.45, 2.75) is 32.2 Å². The van der Waals surface area contributed by atoms with Crippen LogP contribution in [0.15, 0.2) is 16.5 Å². The van der Waals surface area contributed by atoms with E-state index in [0.717, 1.165) is 12.5 Å². The molecule has 0 aromatic carbocycles. The normalized spacial score (nSPS) is 19.1. The highest BCUT2D eigenvalue weighted by Gasteiger charge is 2.17. The van der Waals surface area contributed by atoms with Crippen LogP contribution in [0.5, 0.6) is 0 Å². The topological polar surface area (TPSA) is 65.7 Å². The Balaban J connectivity index is 1.71. The fraction of sp³-hybridized carbons (Fsp3) is 0.667. The number of likely N-dealkylation sites (tertiary alicyclic amines) is 1. The maximum absolute atomic E-state index is 10.8. The van der Waals surface area contributed by atoms with Crippen molar-refractivity contribution < 1.29 is 14.3 Å². The van der Waals surface area contributed by atoms with Crippen LogP contribution in [0.2, 0.25) is 0 Å². The molecule has 1 fully saturated rings. The van der Waals surface area contributed by atoms with Crippen LogP contribution in [0.1, 0.15) is 48.5 Å². The Labute approximate surface area is 119 Å². The first-order valence-electron chi connectivity index (χ1n) is 7.31. The molecule has 5 heteroatoms. The summed E-state index contributed by atoms with van der Waals surface area (Å²) >= 11 is 0. The molecule has 5 nitrogen and oxygen atoms in total. The van der Waals surface area contributed by atoms with Gasteiger partial charge < -0.3 is 19.7 Å². The number of carboxylic acid groups (broad SMARTS) is 1. The van der Waals surface area contributed by atoms with Crippen molar-refractivity contribution in [2.75, 3.05) is 26.7 Å². The molecule has 2 N–H and O–H groups in total. The second-order valence-corrected chi connectivity index (χ2v) is 5.72. The van der Waals surface area contributed by atoms with Crippen LogP contribution in [-0.4, -0.2) is 42.7 Å². The molecule has 0 aliphatic carbocycles. The van der Waals surface area contributed by atoms with Gasteiger partial charge in [-0.15, -0.1) is 0 Å². The number of aromatic carboxylic acids is 1. The van der Waals surface area contributed by atoms with E-state index in [1.165, 1.54) is 38.4 Å². The molecule has 2 rings (SSSR count). The average Bonchev–Trinajstić information content (AvgIpc) is 2.91. The Morgan fingerprint density at radius 2 is 2.20 bits per heavy atom. The molecule has 1 aromatic heterocycles. The molecule has 2 heterocycles. The van der Waals surface area contributed by atoms with Gasteiger partial charge in [0.2, 0.25) is 5.76 Å². The van der Waals surface area contributed by atoms with Gasteiger partial charge in [0.15, 0.2) is 0 Å². The molecule has 1 unspecified atom stereocenters. The highest BCUT2D eigenvalue weighted by molar-refractivity contribution is 5.84. The Bertz CT molecular complexity index is 436. The van der Waals surface area contributed by atoms with Crippen LogP contribution >= 0.6 is 0 Å². The Kier molecular flexibility index (Phi) is 5.20. The zero-order valence-electron chi connectivity index (χ0n) is 12.3. The minimum atomic E-state index is -1.02. The van der Waals surface area contributed by atoms with Gasteiger partial charge in [0.25, 0.3) is 0 Å². The summed E-state index contributed by atoms with van der Waals surface area (Å²) in [4.78, 5) is 13.1. The number of piperidine rings is 1.